The topological polar surface area (TPSA) is 75.3 Å². The summed E-state index contributed by atoms with van der Waals surface area (Å²) in [5.41, 5.74) is 5.96. The number of unbranched alkanes of at least 4 members (excludes halogenated alkanes) is 1. The van der Waals surface area contributed by atoms with Crippen LogP contribution in [0.15, 0.2) is 11.2 Å². The molecule has 1 fully saturated rings. The average molecular weight is 352 g/mol. The SMILES string of the molecule is CCCCSc1nc(N)cc(N2CCC(CC(=O)N(C)C)CC2)n1. The predicted molar refractivity (Wildman–Crippen MR) is 100 cm³/mol. The van der Waals surface area contributed by atoms with Crippen molar-refractivity contribution in [1.29, 1.82) is 0 Å². The van der Waals surface area contributed by atoms with Gasteiger partial charge in [0.05, 0.1) is 0 Å². The van der Waals surface area contributed by atoms with Gasteiger partial charge in [-0.05, 0) is 25.2 Å². The van der Waals surface area contributed by atoms with Crippen LogP contribution in [0.2, 0.25) is 0 Å². The van der Waals surface area contributed by atoms with Gasteiger partial charge in [-0.25, -0.2) is 9.97 Å². The Morgan fingerprint density at radius 2 is 2.08 bits per heavy atom. The molecule has 2 rings (SSSR count). The molecular weight excluding hydrogens is 322 g/mol. The molecule has 1 amide bonds. The molecular formula is C17H29N5OS. The molecule has 1 aliphatic rings. The number of amides is 1. The minimum atomic E-state index is 0.217. The molecule has 0 bridgehead atoms. The first-order valence-corrected chi connectivity index (χ1v) is 9.70. The number of nitrogens with two attached hydrogens (primary N) is 1. The van der Waals surface area contributed by atoms with E-state index in [-0.39, 0.29) is 5.91 Å². The zero-order chi connectivity index (χ0) is 17.5. The fourth-order valence-electron chi connectivity index (χ4n) is 2.76. The maximum atomic E-state index is 11.8. The lowest BCUT2D eigenvalue weighted by Gasteiger charge is -2.33. The Balaban J connectivity index is 1.92. The van der Waals surface area contributed by atoms with E-state index in [1.54, 1.807) is 16.7 Å². The van der Waals surface area contributed by atoms with E-state index in [4.69, 9.17) is 5.73 Å². The minimum Gasteiger partial charge on any atom is -0.383 e. The number of nitrogens with zero attached hydrogens (tertiary/aromatic N) is 4. The Bertz CT molecular complexity index is 544. The quantitative estimate of drug-likeness (QED) is 0.462. The fourth-order valence-corrected chi connectivity index (χ4v) is 3.70. The van der Waals surface area contributed by atoms with Crippen LogP contribution in [-0.2, 0) is 4.79 Å². The van der Waals surface area contributed by atoms with Gasteiger partial charge in [0, 0.05) is 45.4 Å². The number of nitrogen functional groups attached to an aromatic ring is 1. The van der Waals surface area contributed by atoms with Crippen molar-refractivity contribution >= 4 is 29.3 Å². The molecule has 0 saturated carbocycles. The zero-order valence-corrected chi connectivity index (χ0v) is 15.8. The van der Waals surface area contributed by atoms with Gasteiger partial charge in [-0.3, -0.25) is 4.79 Å². The molecule has 0 aliphatic carbocycles. The average Bonchev–Trinajstić information content (AvgIpc) is 2.55. The third kappa shape index (κ3) is 5.54. The van der Waals surface area contributed by atoms with Crippen molar-refractivity contribution in [2.75, 3.05) is 43.6 Å². The van der Waals surface area contributed by atoms with Crippen LogP contribution >= 0.6 is 11.8 Å². The van der Waals surface area contributed by atoms with E-state index < -0.39 is 0 Å². The van der Waals surface area contributed by atoms with Crippen LogP contribution in [0.25, 0.3) is 0 Å². The first-order chi connectivity index (χ1) is 11.5. The largest absolute Gasteiger partial charge is 0.383 e. The summed E-state index contributed by atoms with van der Waals surface area (Å²) in [7, 11) is 3.64. The molecule has 6 nitrogen and oxygen atoms in total. The van der Waals surface area contributed by atoms with Crippen molar-refractivity contribution in [1.82, 2.24) is 14.9 Å². The van der Waals surface area contributed by atoms with Crippen LogP contribution < -0.4 is 10.6 Å². The summed E-state index contributed by atoms with van der Waals surface area (Å²) in [6.07, 6.45) is 5.00. The number of rotatable bonds is 7. The number of anilines is 2. The van der Waals surface area contributed by atoms with Gasteiger partial charge in [0.2, 0.25) is 5.91 Å². The predicted octanol–water partition coefficient (Wildman–Crippen LogP) is 2.65. The molecule has 0 aromatic carbocycles. The molecule has 0 atom stereocenters. The lowest BCUT2D eigenvalue weighted by Crippen LogP contribution is -2.36. The smallest absolute Gasteiger partial charge is 0.222 e. The highest BCUT2D eigenvalue weighted by molar-refractivity contribution is 7.99. The van der Waals surface area contributed by atoms with Crippen LogP contribution in [0, 0.1) is 5.92 Å². The van der Waals surface area contributed by atoms with Gasteiger partial charge < -0.3 is 15.5 Å². The molecule has 24 heavy (non-hydrogen) atoms. The normalized spacial score (nSPS) is 15.5. The van der Waals surface area contributed by atoms with E-state index in [9.17, 15) is 4.79 Å². The van der Waals surface area contributed by atoms with E-state index in [1.807, 2.05) is 20.2 Å². The number of hydrogen-bond acceptors (Lipinski definition) is 6. The van der Waals surface area contributed by atoms with Crippen molar-refractivity contribution in [2.45, 2.75) is 44.2 Å². The van der Waals surface area contributed by atoms with Gasteiger partial charge >= 0.3 is 0 Å². The number of carbonyl (C=O) groups is 1. The van der Waals surface area contributed by atoms with Gasteiger partial charge in [-0.1, -0.05) is 25.1 Å². The van der Waals surface area contributed by atoms with Crippen LogP contribution in [-0.4, -0.2) is 53.7 Å². The van der Waals surface area contributed by atoms with Crippen LogP contribution in [0.4, 0.5) is 11.6 Å². The first-order valence-electron chi connectivity index (χ1n) is 8.72. The molecule has 134 valence electrons. The Hall–Kier alpha value is -1.50. The highest BCUT2D eigenvalue weighted by Gasteiger charge is 2.23. The second-order valence-electron chi connectivity index (χ2n) is 6.56. The molecule has 1 saturated heterocycles. The number of carbonyl (C=O) groups excluding carboxylic acids is 1. The summed E-state index contributed by atoms with van der Waals surface area (Å²) in [5, 5.41) is 0.767. The van der Waals surface area contributed by atoms with E-state index >= 15 is 0 Å². The fraction of sp³-hybridized carbons (Fsp3) is 0.706. The molecule has 0 radical (unpaired) electrons. The Kier molecular flexibility index (Phi) is 7.15. The maximum absolute atomic E-state index is 11.8. The molecule has 1 aromatic heterocycles. The van der Waals surface area contributed by atoms with Gasteiger partial charge in [0.25, 0.3) is 0 Å². The molecule has 0 unspecified atom stereocenters. The Labute approximate surface area is 149 Å². The highest BCUT2D eigenvalue weighted by atomic mass is 32.2. The summed E-state index contributed by atoms with van der Waals surface area (Å²) in [5.74, 6) is 3.15. The van der Waals surface area contributed by atoms with Crippen LogP contribution in [0.3, 0.4) is 0 Å². The van der Waals surface area contributed by atoms with Gasteiger partial charge in [0.15, 0.2) is 5.16 Å². The zero-order valence-electron chi connectivity index (χ0n) is 15.0. The van der Waals surface area contributed by atoms with E-state index in [2.05, 4.69) is 21.8 Å². The number of aromatic nitrogens is 2. The molecule has 2 heterocycles. The number of hydrogen-bond donors (Lipinski definition) is 1. The third-order valence-electron chi connectivity index (χ3n) is 4.34. The summed E-state index contributed by atoms with van der Waals surface area (Å²) in [6.45, 7) is 4.01. The molecule has 1 aliphatic heterocycles. The molecule has 2 N–H and O–H groups in total. The van der Waals surface area contributed by atoms with Gasteiger partial charge in [-0.2, -0.15) is 0 Å². The van der Waals surface area contributed by atoms with Crippen molar-refractivity contribution in [2.24, 2.45) is 5.92 Å². The lowest BCUT2D eigenvalue weighted by atomic mass is 9.93. The van der Waals surface area contributed by atoms with E-state index in [0.717, 1.165) is 49.1 Å². The molecule has 7 heteroatoms. The van der Waals surface area contributed by atoms with Crippen molar-refractivity contribution in [3.8, 4) is 0 Å². The monoisotopic (exact) mass is 351 g/mol. The summed E-state index contributed by atoms with van der Waals surface area (Å²) in [4.78, 5) is 24.8. The van der Waals surface area contributed by atoms with E-state index in [1.165, 1.54) is 6.42 Å². The second-order valence-corrected chi connectivity index (χ2v) is 7.62. The van der Waals surface area contributed by atoms with E-state index in [0.29, 0.717) is 18.2 Å². The Morgan fingerprint density at radius 1 is 1.38 bits per heavy atom. The summed E-state index contributed by atoms with van der Waals surface area (Å²) >= 11 is 1.67. The third-order valence-corrected chi connectivity index (χ3v) is 5.28. The molecule has 0 spiro atoms. The first kappa shape index (κ1) is 18.8. The van der Waals surface area contributed by atoms with Crippen molar-refractivity contribution < 1.29 is 4.79 Å². The lowest BCUT2D eigenvalue weighted by molar-refractivity contribution is -0.129. The maximum Gasteiger partial charge on any atom is 0.222 e. The van der Waals surface area contributed by atoms with Crippen molar-refractivity contribution in [3.05, 3.63) is 6.07 Å². The highest BCUT2D eigenvalue weighted by Crippen LogP contribution is 2.27. The van der Waals surface area contributed by atoms with Gasteiger partial charge in [-0.15, -0.1) is 0 Å². The standard InChI is InChI=1S/C17H29N5OS/c1-4-5-10-24-17-19-14(18)12-15(20-17)22-8-6-13(7-9-22)11-16(23)21(2)3/h12-13H,4-11H2,1-3H3,(H2,18,19,20). The molecule has 1 aromatic rings. The second kappa shape index (κ2) is 9.11. The number of thioether (sulfide) groups is 1. The van der Waals surface area contributed by atoms with Crippen LogP contribution in [0.1, 0.15) is 39.0 Å². The number of piperidine rings is 1. The van der Waals surface area contributed by atoms with Crippen molar-refractivity contribution in [3.63, 3.8) is 0 Å². The van der Waals surface area contributed by atoms with Crippen LogP contribution in [0.5, 0.6) is 0 Å². The summed E-state index contributed by atoms with van der Waals surface area (Å²) < 4.78 is 0. The van der Waals surface area contributed by atoms with Gasteiger partial charge in [0.1, 0.15) is 11.6 Å². The Morgan fingerprint density at radius 3 is 2.71 bits per heavy atom. The summed E-state index contributed by atoms with van der Waals surface area (Å²) in [6, 6.07) is 1.86. The minimum absolute atomic E-state index is 0.217.